The van der Waals surface area contributed by atoms with Crippen LogP contribution in [-0.2, 0) is 13.1 Å². The van der Waals surface area contributed by atoms with Crippen molar-refractivity contribution in [1.29, 1.82) is 0 Å². The molecule has 16 heavy (non-hydrogen) atoms. The van der Waals surface area contributed by atoms with E-state index in [9.17, 15) is 0 Å². The summed E-state index contributed by atoms with van der Waals surface area (Å²) in [6.07, 6.45) is 0. The molecule has 0 saturated heterocycles. The molecule has 0 aliphatic rings. The van der Waals surface area contributed by atoms with Crippen molar-refractivity contribution in [3.8, 4) is 0 Å². The van der Waals surface area contributed by atoms with Crippen molar-refractivity contribution in [3.63, 3.8) is 0 Å². The van der Waals surface area contributed by atoms with E-state index in [1.165, 1.54) is 11.1 Å². The maximum absolute atomic E-state index is 6.07. The van der Waals surface area contributed by atoms with E-state index in [2.05, 4.69) is 34.3 Å². The van der Waals surface area contributed by atoms with Gasteiger partial charge in [0.05, 0.1) is 0 Å². The van der Waals surface area contributed by atoms with Gasteiger partial charge in [0.15, 0.2) is 0 Å². The standard InChI is InChI=1S/C13H14ClNS/c1-10-2-3-11(6-13(10)14)7-15-8-12-4-5-16-9-12/h2-6,9,15H,7-8H2,1H3. The van der Waals surface area contributed by atoms with Crippen LogP contribution in [0.1, 0.15) is 16.7 Å². The van der Waals surface area contributed by atoms with Crippen LogP contribution in [0.15, 0.2) is 35.0 Å². The molecule has 0 radical (unpaired) electrons. The fourth-order valence-electron chi connectivity index (χ4n) is 1.49. The van der Waals surface area contributed by atoms with E-state index in [4.69, 9.17) is 11.6 Å². The predicted molar refractivity (Wildman–Crippen MR) is 71.1 cm³/mol. The quantitative estimate of drug-likeness (QED) is 0.866. The summed E-state index contributed by atoms with van der Waals surface area (Å²) in [5, 5.41) is 8.50. The van der Waals surface area contributed by atoms with Crippen LogP contribution in [0.2, 0.25) is 5.02 Å². The zero-order valence-corrected chi connectivity index (χ0v) is 10.7. The van der Waals surface area contributed by atoms with Crippen LogP contribution in [0.4, 0.5) is 0 Å². The zero-order chi connectivity index (χ0) is 11.4. The number of hydrogen-bond donors (Lipinski definition) is 1. The Kier molecular flexibility index (Phi) is 3.99. The summed E-state index contributed by atoms with van der Waals surface area (Å²) in [7, 11) is 0. The molecular formula is C13H14ClNS. The monoisotopic (exact) mass is 251 g/mol. The maximum Gasteiger partial charge on any atom is 0.0438 e. The van der Waals surface area contributed by atoms with E-state index in [1.54, 1.807) is 11.3 Å². The van der Waals surface area contributed by atoms with Gasteiger partial charge in [0, 0.05) is 18.1 Å². The first-order valence-corrected chi connectivity index (χ1v) is 6.54. The Morgan fingerprint density at radius 2 is 2.00 bits per heavy atom. The summed E-state index contributed by atoms with van der Waals surface area (Å²) >= 11 is 7.80. The molecule has 0 aliphatic carbocycles. The van der Waals surface area contributed by atoms with E-state index in [0.717, 1.165) is 23.7 Å². The summed E-state index contributed by atoms with van der Waals surface area (Å²) in [5.74, 6) is 0. The zero-order valence-electron chi connectivity index (χ0n) is 9.16. The highest BCUT2D eigenvalue weighted by Crippen LogP contribution is 2.16. The molecule has 1 heterocycles. The van der Waals surface area contributed by atoms with Crippen molar-refractivity contribution in [2.45, 2.75) is 20.0 Å². The van der Waals surface area contributed by atoms with Gasteiger partial charge in [-0.3, -0.25) is 0 Å². The van der Waals surface area contributed by atoms with Crippen LogP contribution >= 0.6 is 22.9 Å². The first-order valence-electron chi connectivity index (χ1n) is 5.22. The molecule has 0 bridgehead atoms. The van der Waals surface area contributed by atoms with Crippen LogP contribution in [0, 0.1) is 6.92 Å². The molecule has 0 fully saturated rings. The van der Waals surface area contributed by atoms with Crippen LogP contribution in [0.25, 0.3) is 0 Å². The minimum Gasteiger partial charge on any atom is -0.309 e. The molecule has 0 atom stereocenters. The topological polar surface area (TPSA) is 12.0 Å². The average molecular weight is 252 g/mol. The molecule has 0 spiro atoms. The van der Waals surface area contributed by atoms with Crippen LogP contribution in [0.3, 0.4) is 0 Å². The molecule has 2 rings (SSSR count). The van der Waals surface area contributed by atoms with Gasteiger partial charge in [0.2, 0.25) is 0 Å². The smallest absolute Gasteiger partial charge is 0.0438 e. The Morgan fingerprint density at radius 1 is 1.19 bits per heavy atom. The third-order valence-corrected chi connectivity index (χ3v) is 3.61. The van der Waals surface area contributed by atoms with Crippen LogP contribution < -0.4 is 5.32 Å². The van der Waals surface area contributed by atoms with Gasteiger partial charge in [-0.15, -0.1) is 0 Å². The SMILES string of the molecule is Cc1ccc(CNCc2ccsc2)cc1Cl. The van der Waals surface area contributed by atoms with Gasteiger partial charge in [-0.2, -0.15) is 11.3 Å². The van der Waals surface area contributed by atoms with E-state index >= 15 is 0 Å². The van der Waals surface area contributed by atoms with Gasteiger partial charge >= 0.3 is 0 Å². The minimum absolute atomic E-state index is 0.842. The minimum atomic E-state index is 0.842. The van der Waals surface area contributed by atoms with Crippen molar-refractivity contribution >= 4 is 22.9 Å². The van der Waals surface area contributed by atoms with Gasteiger partial charge < -0.3 is 5.32 Å². The number of nitrogens with one attached hydrogen (secondary N) is 1. The number of rotatable bonds is 4. The Hall–Kier alpha value is -0.830. The summed E-state index contributed by atoms with van der Waals surface area (Å²) in [5.41, 5.74) is 3.69. The number of aryl methyl sites for hydroxylation is 1. The van der Waals surface area contributed by atoms with Gasteiger partial charge in [0.25, 0.3) is 0 Å². The number of hydrogen-bond acceptors (Lipinski definition) is 2. The summed E-state index contributed by atoms with van der Waals surface area (Å²) in [6, 6.07) is 8.34. The molecule has 3 heteroatoms. The lowest BCUT2D eigenvalue weighted by Crippen LogP contribution is -2.12. The van der Waals surface area contributed by atoms with Crippen molar-refractivity contribution in [2.24, 2.45) is 0 Å². The highest BCUT2D eigenvalue weighted by molar-refractivity contribution is 7.07. The number of thiophene rings is 1. The number of benzene rings is 1. The Labute approximate surface area is 105 Å². The third kappa shape index (κ3) is 3.08. The fourth-order valence-corrected chi connectivity index (χ4v) is 2.36. The Morgan fingerprint density at radius 3 is 2.69 bits per heavy atom. The maximum atomic E-state index is 6.07. The van der Waals surface area contributed by atoms with E-state index < -0.39 is 0 Å². The van der Waals surface area contributed by atoms with Crippen molar-refractivity contribution in [3.05, 3.63) is 56.7 Å². The molecule has 0 amide bonds. The highest BCUT2D eigenvalue weighted by atomic mass is 35.5. The highest BCUT2D eigenvalue weighted by Gasteiger charge is 1.98. The molecule has 0 saturated carbocycles. The van der Waals surface area contributed by atoms with E-state index in [1.807, 2.05) is 13.0 Å². The summed E-state index contributed by atoms with van der Waals surface area (Å²) in [4.78, 5) is 0. The predicted octanol–water partition coefficient (Wildman–Crippen LogP) is 4.00. The molecule has 1 aromatic heterocycles. The van der Waals surface area contributed by atoms with Gasteiger partial charge in [-0.1, -0.05) is 23.7 Å². The molecule has 1 N–H and O–H groups in total. The second-order valence-electron chi connectivity index (χ2n) is 3.82. The summed E-state index contributed by atoms with van der Waals surface area (Å²) in [6.45, 7) is 3.79. The lowest BCUT2D eigenvalue weighted by Gasteiger charge is -2.05. The molecule has 0 unspecified atom stereocenters. The van der Waals surface area contributed by atoms with Crippen molar-refractivity contribution in [2.75, 3.05) is 0 Å². The molecule has 84 valence electrons. The van der Waals surface area contributed by atoms with Crippen LogP contribution in [0.5, 0.6) is 0 Å². The van der Waals surface area contributed by atoms with Crippen LogP contribution in [-0.4, -0.2) is 0 Å². The first-order chi connectivity index (χ1) is 7.75. The lowest BCUT2D eigenvalue weighted by atomic mass is 10.1. The van der Waals surface area contributed by atoms with E-state index in [-0.39, 0.29) is 0 Å². The number of halogens is 1. The summed E-state index contributed by atoms with van der Waals surface area (Å²) < 4.78 is 0. The Bertz CT molecular complexity index is 451. The van der Waals surface area contributed by atoms with Crippen molar-refractivity contribution in [1.82, 2.24) is 5.32 Å². The van der Waals surface area contributed by atoms with Gasteiger partial charge in [0.1, 0.15) is 0 Å². The molecule has 0 aliphatic heterocycles. The van der Waals surface area contributed by atoms with E-state index in [0.29, 0.717) is 0 Å². The first kappa shape index (κ1) is 11.6. The Balaban J connectivity index is 1.87. The van der Waals surface area contributed by atoms with Crippen molar-refractivity contribution < 1.29 is 0 Å². The lowest BCUT2D eigenvalue weighted by molar-refractivity contribution is 0.695. The normalized spacial score (nSPS) is 10.6. The molecule has 2 aromatic rings. The molecule has 1 aromatic carbocycles. The third-order valence-electron chi connectivity index (χ3n) is 2.47. The van der Waals surface area contributed by atoms with Gasteiger partial charge in [-0.25, -0.2) is 0 Å². The largest absolute Gasteiger partial charge is 0.309 e. The second-order valence-corrected chi connectivity index (χ2v) is 5.01. The molecular weight excluding hydrogens is 238 g/mol. The average Bonchev–Trinajstić information content (AvgIpc) is 2.76. The van der Waals surface area contributed by atoms with Gasteiger partial charge in [-0.05, 0) is 46.5 Å². The fraction of sp³-hybridized carbons (Fsp3) is 0.231. The molecule has 1 nitrogen and oxygen atoms in total. The second kappa shape index (κ2) is 5.48.